The lowest BCUT2D eigenvalue weighted by Gasteiger charge is -2.06. The number of hydrogen-bond acceptors (Lipinski definition) is 1. The Morgan fingerprint density at radius 2 is 2.00 bits per heavy atom. The zero-order chi connectivity index (χ0) is 14.5. The standard InChI is InChI=1S/C16H18ClNO2/c1-12-11-15(17)18(10-6-2-3-9-16(19)20)14-8-5-4-7-13(12)14/h4-5,7-8,11H,2-3,6,9-10H2,1H3/p+1. The van der Waals surface area contributed by atoms with Crippen molar-refractivity contribution in [3.05, 3.63) is 41.0 Å². The molecular weight excluding hydrogens is 274 g/mol. The molecule has 0 saturated heterocycles. The van der Waals surface area contributed by atoms with Crippen LogP contribution >= 0.6 is 11.6 Å². The third kappa shape index (κ3) is 3.48. The predicted octanol–water partition coefficient (Wildman–Crippen LogP) is 3.73. The molecule has 0 saturated carbocycles. The third-order valence-electron chi connectivity index (χ3n) is 3.49. The van der Waals surface area contributed by atoms with E-state index in [-0.39, 0.29) is 6.42 Å². The second-order valence-corrected chi connectivity index (χ2v) is 5.41. The largest absolute Gasteiger partial charge is 0.481 e. The van der Waals surface area contributed by atoms with Gasteiger partial charge in [0.15, 0.2) is 6.54 Å². The van der Waals surface area contributed by atoms with Gasteiger partial charge < -0.3 is 5.11 Å². The number of rotatable bonds is 6. The monoisotopic (exact) mass is 292 g/mol. The van der Waals surface area contributed by atoms with E-state index in [2.05, 4.69) is 23.6 Å². The summed E-state index contributed by atoms with van der Waals surface area (Å²) in [6.07, 6.45) is 2.80. The Labute approximate surface area is 123 Å². The molecule has 0 aliphatic heterocycles. The van der Waals surface area contributed by atoms with Crippen molar-refractivity contribution >= 4 is 28.5 Å². The number of nitrogens with zero attached hydrogens (tertiary/aromatic N) is 1. The quantitative estimate of drug-likeness (QED) is 0.501. The zero-order valence-corrected chi connectivity index (χ0v) is 12.4. The highest BCUT2D eigenvalue weighted by Crippen LogP contribution is 2.18. The van der Waals surface area contributed by atoms with Gasteiger partial charge in [0.05, 0.1) is 0 Å². The Balaban J connectivity index is 2.11. The molecule has 1 aromatic heterocycles. The second kappa shape index (κ2) is 6.71. The van der Waals surface area contributed by atoms with Crippen molar-refractivity contribution in [2.45, 2.75) is 39.2 Å². The first-order chi connectivity index (χ1) is 9.59. The minimum Gasteiger partial charge on any atom is -0.481 e. The summed E-state index contributed by atoms with van der Waals surface area (Å²) < 4.78 is 2.10. The Hall–Kier alpha value is -1.61. The zero-order valence-electron chi connectivity index (χ0n) is 11.6. The molecular formula is C16H19ClNO2+. The normalized spacial score (nSPS) is 10.9. The highest BCUT2D eigenvalue weighted by atomic mass is 35.5. The van der Waals surface area contributed by atoms with Crippen LogP contribution in [0.3, 0.4) is 0 Å². The van der Waals surface area contributed by atoms with Crippen LogP contribution in [0.5, 0.6) is 0 Å². The Morgan fingerprint density at radius 3 is 2.75 bits per heavy atom. The number of aliphatic carboxylic acids is 1. The molecule has 2 aromatic rings. The van der Waals surface area contributed by atoms with Gasteiger partial charge in [-0.05, 0) is 43.0 Å². The number of unbranched alkanes of at least 4 members (excludes halogenated alkanes) is 2. The lowest BCUT2D eigenvalue weighted by molar-refractivity contribution is -0.669. The molecule has 0 amide bonds. The molecule has 1 aromatic carbocycles. The molecule has 1 N–H and O–H groups in total. The number of carboxylic acid groups (broad SMARTS) is 1. The average molecular weight is 293 g/mol. The lowest BCUT2D eigenvalue weighted by atomic mass is 10.1. The average Bonchev–Trinajstić information content (AvgIpc) is 2.41. The minimum atomic E-state index is -0.725. The van der Waals surface area contributed by atoms with Crippen molar-refractivity contribution < 1.29 is 14.5 Å². The molecule has 4 heteroatoms. The molecule has 0 fully saturated rings. The SMILES string of the molecule is Cc1cc(Cl)[n+](CCCCCC(=O)O)c2ccccc12. The molecule has 0 bridgehead atoms. The smallest absolute Gasteiger partial charge is 0.303 e. The van der Waals surface area contributed by atoms with Gasteiger partial charge in [0.2, 0.25) is 5.52 Å². The third-order valence-corrected chi connectivity index (χ3v) is 3.80. The van der Waals surface area contributed by atoms with E-state index in [1.807, 2.05) is 18.2 Å². The van der Waals surface area contributed by atoms with E-state index < -0.39 is 5.97 Å². The van der Waals surface area contributed by atoms with Gasteiger partial charge in [-0.3, -0.25) is 4.79 Å². The Bertz CT molecular complexity index is 625. The highest BCUT2D eigenvalue weighted by molar-refractivity contribution is 6.28. The van der Waals surface area contributed by atoms with Gasteiger partial charge >= 0.3 is 5.97 Å². The molecule has 106 valence electrons. The summed E-state index contributed by atoms with van der Waals surface area (Å²) in [5.41, 5.74) is 2.31. The number of para-hydroxylation sites is 1. The predicted molar refractivity (Wildman–Crippen MR) is 80.0 cm³/mol. The van der Waals surface area contributed by atoms with Gasteiger partial charge in [-0.2, -0.15) is 4.57 Å². The number of hydrogen-bond donors (Lipinski definition) is 1. The van der Waals surface area contributed by atoms with E-state index in [9.17, 15) is 4.79 Å². The first-order valence-electron chi connectivity index (χ1n) is 6.89. The molecule has 3 nitrogen and oxygen atoms in total. The lowest BCUT2D eigenvalue weighted by Crippen LogP contribution is -2.36. The van der Waals surface area contributed by atoms with Crippen LogP contribution in [0, 0.1) is 6.92 Å². The summed E-state index contributed by atoms with van der Waals surface area (Å²) in [6.45, 7) is 2.88. The van der Waals surface area contributed by atoms with Crippen molar-refractivity contribution in [1.29, 1.82) is 0 Å². The second-order valence-electron chi connectivity index (χ2n) is 5.02. The summed E-state index contributed by atoms with van der Waals surface area (Å²) in [5, 5.41) is 10.6. The number of fused-ring (bicyclic) bond motifs is 1. The van der Waals surface area contributed by atoms with Crippen LogP contribution in [-0.2, 0) is 11.3 Å². The molecule has 1 heterocycles. The van der Waals surface area contributed by atoms with Crippen molar-refractivity contribution in [3.63, 3.8) is 0 Å². The van der Waals surface area contributed by atoms with Crippen molar-refractivity contribution in [2.75, 3.05) is 0 Å². The number of aromatic nitrogens is 1. The number of aryl methyl sites for hydroxylation is 2. The fraction of sp³-hybridized carbons (Fsp3) is 0.375. The van der Waals surface area contributed by atoms with E-state index in [0.717, 1.165) is 36.5 Å². The molecule has 0 spiro atoms. The maximum Gasteiger partial charge on any atom is 0.303 e. The molecule has 0 radical (unpaired) electrons. The highest BCUT2D eigenvalue weighted by Gasteiger charge is 2.15. The number of benzene rings is 1. The van der Waals surface area contributed by atoms with Gasteiger partial charge in [-0.1, -0.05) is 12.1 Å². The van der Waals surface area contributed by atoms with Crippen LogP contribution in [0.25, 0.3) is 10.9 Å². The maximum atomic E-state index is 10.5. The number of halogens is 1. The Morgan fingerprint density at radius 1 is 1.25 bits per heavy atom. The summed E-state index contributed by atoms with van der Waals surface area (Å²) in [4.78, 5) is 10.5. The van der Waals surface area contributed by atoms with Gasteiger partial charge in [-0.25, -0.2) is 0 Å². The molecule has 2 rings (SSSR count). The maximum absolute atomic E-state index is 10.5. The fourth-order valence-corrected chi connectivity index (χ4v) is 2.78. The molecule has 0 aliphatic carbocycles. The van der Waals surface area contributed by atoms with Crippen molar-refractivity contribution in [1.82, 2.24) is 0 Å². The van der Waals surface area contributed by atoms with E-state index in [0.29, 0.717) is 0 Å². The van der Waals surface area contributed by atoms with E-state index >= 15 is 0 Å². The van der Waals surface area contributed by atoms with Crippen LogP contribution in [0.1, 0.15) is 31.2 Å². The van der Waals surface area contributed by atoms with Crippen LogP contribution in [0.2, 0.25) is 5.15 Å². The van der Waals surface area contributed by atoms with Crippen molar-refractivity contribution in [3.8, 4) is 0 Å². The van der Waals surface area contributed by atoms with Crippen LogP contribution in [0.15, 0.2) is 30.3 Å². The van der Waals surface area contributed by atoms with E-state index in [4.69, 9.17) is 16.7 Å². The number of carbonyl (C=O) groups is 1. The number of carboxylic acids is 1. The summed E-state index contributed by atoms with van der Waals surface area (Å²) >= 11 is 6.34. The number of pyridine rings is 1. The van der Waals surface area contributed by atoms with Gasteiger partial charge in [-0.15, -0.1) is 0 Å². The van der Waals surface area contributed by atoms with Gasteiger partial charge in [0.1, 0.15) is 0 Å². The van der Waals surface area contributed by atoms with Crippen LogP contribution in [0.4, 0.5) is 0 Å². The first kappa shape index (κ1) is 14.8. The molecule has 0 unspecified atom stereocenters. The summed E-state index contributed by atoms with van der Waals surface area (Å²) in [6, 6.07) is 10.2. The van der Waals surface area contributed by atoms with E-state index in [1.165, 1.54) is 10.9 Å². The van der Waals surface area contributed by atoms with Gasteiger partial charge in [0.25, 0.3) is 5.15 Å². The van der Waals surface area contributed by atoms with Crippen LogP contribution in [-0.4, -0.2) is 11.1 Å². The van der Waals surface area contributed by atoms with Gasteiger partial charge in [0, 0.05) is 30.4 Å². The van der Waals surface area contributed by atoms with Crippen molar-refractivity contribution in [2.24, 2.45) is 0 Å². The topological polar surface area (TPSA) is 41.2 Å². The molecule has 0 aliphatic rings. The summed E-state index contributed by atoms with van der Waals surface area (Å²) in [5.74, 6) is -0.725. The fourth-order valence-electron chi connectivity index (χ4n) is 2.44. The molecule has 20 heavy (non-hydrogen) atoms. The van der Waals surface area contributed by atoms with Crippen LogP contribution < -0.4 is 4.57 Å². The summed E-state index contributed by atoms with van der Waals surface area (Å²) in [7, 11) is 0. The first-order valence-corrected chi connectivity index (χ1v) is 7.27. The van der Waals surface area contributed by atoms with E-state index in [1.54, 1.807) is 0 Å². The minimum absolute atomic E-state index is 0.243. The molecule has 0 atom stereocenters. The Kier molecular flexibility index (Phi) is 4.96.